The van der Waals surface area contributed by atoms with Crippen LogP contribution in [0.25, 0.3) is 6.08 Å². The number of benzene rings is 2. The van der Waals surface area contributed by atoms with Gasteiger partial charge in [-0.25, -0.2) is 4.79 Å². The molecule has 162 valence electrons. The molecule has 8 heteroatoms. The van der Waals surface area contributed by atoms with E-state index < -0.39 is 17.8 Å². The van der Waals surface area contributed by atoms with E-state index in [0.717, 1.165) is 10.5 Å². The third-order valence-corrected chi connectivity index (χ3v) is 4.60. The monoisotopic (exact) mass is 431 g/mol. The van der Waals surface area contributed by atoms with Crippen LogP contribution in [-0.2, 0) is 16.2 Å². The molecule has 0 aromatic heterocycles. The first-order chi connectivity index (χ1) is 15.5. The molecule has 8 nitrogen and oxygen atoms in total. The van der Waals surface area contributed by atoms with Crippen LogP contribution in [0.4, 0.5) is 4.79 Å². The molecule has 3 rings (SSSR count). The van der Waals surface area contributed by atoms with Gasteiger partial charge in [0.15, 0.2) is 11.5 Å². The topological polar surface area (TPSA) is 109 Å². The number of barbiturate groups is 1. The molecule has 4 amide bonds. The Hall–Kier alpha value is -4.38. The number of imide groups is 2. The molecule has 2 aromatic rings. The van der Waals surface area contributed by atoms with Crippen molar-refractivity contribution in [1.82, 2.24) is 10.2 Å². The van der Waals surface area contributed by atoms with Gasteiger partial charge in [0.05, 0.1) is 18.2 Å². The highest BCUT2D eigenvalue weighted by atomic mass is 16.5. The summed E-state index contributed by atoms with van der Waals surface area (Å²) in [5.41, 5.74) is 1.60. The summed E-state index contributed by atoms with van der Waals surface area (Å²) in [5.74, 6) is -0.611. The molecule has 1 aliphatic heterocycles. The van der Waals surface area contributed by atoms with Gasteiger partial charge in [0.25, 0.3) is 11.8 Å². The van der Waals surface area contributed by atoms with Crippen LogP contribution >= 0.6 is 0 Å². The zero-order valence-corrected chi connectivity index (χ0v) is 17.5. The summed E-state index contributed by atoms with van der Waals surface area (Å²) in [5, 5.41) is 11.4. The fraction of sp³-hybridized carbons (Fsp3) is 0.167. The number of hydrogen-bond donors (Lipinski definition) is 1. The Morgan fingerprint density at radius 2 is 1.91 bits per heavy atom. The summed E-state index contributed by atoms with van der Waals surface area (Å²) in [6.45, 7) is 5.85. The maximum atomic E-state index is 12.6. The average Bonchev–Trinajstić information content (AvgIpc) is 2.79. The number of ether oxygens (including phenoxy) is 2. The van der Waals surface area contributed by atoms with Crippen molar-refractivity contribution in [3.8, 4) is 17.6 Å². The molecule has 1 heterocycles. The molecule has 1 saturated heterocycles. The Bertz CT molecular complexity index is 1150. The third-order valence-electron chi connectivity index (χ3n) is 4.60. The lowest BCUT2D eigenvalue weighted by Crippen LogP contribution is -2.54. The van der Waals surface area contributed by atoms with Crippen LogP contribution in [0.15, 0.2) is 60.7 Å². The maximum absolute atomic E-state index is 12.6. The minimum atomic E-state index is -0.784. The van der Waals surface area contributed by atoms with Crippen molar-refractivity contribution in [3.05, 3.63) is 77.4 Å². The van der Waals surface area contributed by atoms with Gasteiger partial charge in [-0.15, -0.1) is 6.58 Å². The fourth-order valence-corrected chi connectivity index (χ4v) is 3.07. The standard InChI is InChI=1S/C24H21N3O5/c1-3-11-27-23(29)19(22(28)26-24(27)30)12-16-9-10-20(21(13-16)31-4-2)32-15-18-8-6-5-7-17(18)14-25/h3,5-10,12-13H,1,4,11,15H2,2H3,(H,26,28,30)/b19-12-. The number of nitriles is 1. The number of amides is 4. The van der Waals surface area contributed by atoms with Crippen LogP contribution < -0.4 is 14.8 Å². The highest BCUT2D eigenvalue weighted by molar-refractivity contribution is 6.31. The van der Waals surface area contributed by atoms with E-state index in [2.05, 4.69) is 18.0 Å². The second-order valence-electron chi connectivity index (χ2n) is 6.72. The minimum absolute atomic E-state index is 0.0174. The third kappa shape index (κ3) is 4.84. The molecular formula is C24H21N3O5. The van der Waals surface area contributed by atoms with Gasteiger partial charge in [-0.2, -0.15) is 5.26 Å². The van der Waals surface area contributed by atoms with E-state index in [-0.39, 0.29) is 18.7 Å². The van der Waals surface area contributed by atoms with E-state index in [1.807, 2.05) is 13.0 Å². The molecule has 1 N–H and O–H groups in total. The molecule has 1 fully saturated rings. The number of nitrogens with zero attached hydrogens (tertiary/aromatic N) is 2. The summed E-state index contributed by atoms with van der Waals surface area (Å²) in [7, 11) is 0. The molecular weight excluding hydrogens is 410 g/mol. The van der Waals surface area contributed by atoms with Crippen molar-refractivity contribution in [3.63, 3.8) is 0 Å². The first-order valence-corrected chi connectivity index (χ1v) is 9.85. The largest absolute Gasteiger partial charge is 0.490 e. The number of carbonyl (C=O) groups is 3. The van der Waals surface area contributed by atoms with Gasteiger partial charge in [-0.3, -0.25) is 19.8 Å². The maximum Gasteiger partial charge on any atom is 0.331 e. The SMILES string of the molecule is C=CCN1C(=O)NC(=O)/C(=C/c2ccc(OCc3ccccc3C#N)c(OCC)c2)C1=O. The van der Waals surface area contributed by atoms with Gasteiger partial charge in [-0.1, -0.05) is 30.3 Å². The molecule has 0 aliphatic carbocycles. The van der Waals surface area contributed by atoms with Gasteiger partial charge in [-0.05, 0) is 36.8 Å². The Morgan fingerprint density at radius 3 is 2.62 bits per heavy atom. The van der Waals surface area contributed by atoms with Gasteiger partial charge in [0.2, 0.25) is 0 Å². The Kier molecular flexibility index (Phi) is 7.03. The van der Waals surface area contributed by atoms with E-state index in [0.29, 0.717) is 29.2 Å². The lowest BCUT2D eigenvalue weighted by molar-refractivity contribution is -0.129. The number of hydrogen-bond acceptors (Lipinski definition) is 6. The van der Waals surface area contributed by atoms with Crippen molar-refractivity contribution in [2.45, 2.75) is 13.5 Å². The van der Waals surface area contributed by atoms with Crippen LogP contribution in [0, 0.1) is 11.3 Å². The number of nitrogens with one attached hydrogen (secondary N) is 1. The highest BCUT2D eigenvalue weighted by Crippen LogP contribution is 2.30. The molecule has 0 atom stereocenters. The molecule has 2 aromatic carbocycles. The first kappa shape index (κ1) is 22.3. The summed E-state index contributed by atoms with van der Waals surface area (Å²) >= 11 is 0. The predicted octanol–water partition coefficient (Wildman–Crippen LogP) is 3.18. The summed E-state index contributed by atoms with van der Waals surface area (Å²) in [4.78, 5) is 37.6. The quantitative estimate of drug-likeness (QED) is 0.391. The van der Waals surface area contributed by atoms with E-state index >= 15 is 0 Å². The van der Waals surface area contributed by atoms with Crippen molar-refractivity contribution in [2.24, 2.45) is 0 Å². The van der Waals surface area contributed by atoms with Crippen molar-refractivity contribution < 1.29 is 23.9 Å². The van der Waals surface area contributed by atoms with E-state index in [4.69, 9.17) is 9.47 Å². The average molecular weight is 431 g/mol. The molecule has 0 saturated carbocycles. The molecule has 0 bridgehead atoms. The predicted molar refractivity (Wildman–Crippen MR) is 117 cm³/mol. The van der Waals surface area contributed by atoms with Crippen LogP contribution in [0.5, 0.6) is 11.5 Å². The Morgan fingerprint density at radius 1 is 1.12 bits per heavy atom. The van der Waals surface area contributed by atoms with Crippen LogP contribution in [0.2, 0.25) is 0 Å². The van der Waals surface area contributed by atoms with Crippen LogP contribution in [0.3, 0.4) is 0 Å². The van der Waals surface area contributed by atoms with E-state index in [1.165, 1.54) is 12.2 Å². The van der Waals surface area contributed by atoms with Gasteiger partial charge >= 0.3 is 6.03 Å². The molecule has 1 aliphatic rings. The number of carbonyl (C=O) groups excluding carboxylic acids is 3. The summed E-state index contributed by atoms with van der Waals surface area (Å²) in [6.07, 6.45) is 2.78. The molecule has 0 spiro atoms. The van der Waals surface area contributed by atoms with Crippen LogP contribution in [-0.4, -0.2) is 35.9 Å². The van der Waals surface area contributed by atoms with Gasteiger partial charge < -0.3 is 9.47 Å². The lowest BCUT2D eigenvalue weighted by Gasteiger charge is -2.25. The van der Waals surface area contributed by atoms with Gasteiger partial charge in [0, 0.05) is 12.1 Å². The van der Waals surface area contributed by atoms with Crippen molar-refractivity contribution in [2.75, 3.05) is 13.2 Å². The smallest absolute Gasteiger partial charge is 0.331 e. The Balaban J connectivity index is 1.87. The molecule has 0 radical (unpaired) electrons. The van der Waals surface area contributed by atoms with Gasteiger partial charge in [0.1, 0.15) is 12.2 Å². The normalized spacial score (nSPS) is 14.7. The second-order valence-corrected chi connectivity index (χ2v) is 6.72. The zero-order valence-electron chi connectivity index (χ0n) is 17.5. The van der Waals surface area contributed by atoms with Crippen molar-refractivity contribution in [1.29, 1.82) is 5.26 Å². The zero-order chi connectivity index (χ0) is 23.1. The summed E-state index contributed by atoms with van der Waals surface area (Å²) in [6, 6.07) is 13.4. The molecule has 32 heavy (non-hydrogen) atoms. The molecule has 0 unspecified atom stereocenters. The summed E-state index contributed by atoms with van der Waals surface area (Å²) < 4.78 is 11.5. The van der Waals surface area contributed by atoms with E-state index in [1.54, 1.807) is 36.4 Å². The Labute approximate surface area is 185 Å². The second kappa shape index (κ2) is 10.1. The first-order valence-electron chi connectivity index (χ1n) is 9.85. The minimum Gasteiger partial charge on any atom is -0.490 e. The van der Waals surface area contributed by atoms with Crippen molar-refractivity contribution >= 4 is 23.9 Å². The highest BCUT2D eigenvalue weighted by Gasteiger charge is 2.34. The van der Waals surface area contributed by atoms with E-state index in [9.17, 15) is 19.6 Å². The fourth-order valence-electron chi connectivity index (χ4n) is 3.07. The van der Waals surface area contributed by atoms with Crippen LogP contribution in [0.1, 0.15) is 23.6 Å². The lowest BCUT2D eigenvalue weighted by atomic mass is 10.1. The number of urea groups is 1. The number of rotatable bonds is 8.